The van der Waals surface area contributed by atoms with Gasteiger partial charge >= 0.3 is 0 Å². The number of hydrazine groups is 2. The SMILES string of the molecule is CCCC/C(N)=C/N(N)c1cccc(N(O)Nc2cccc3cnccc23)c1. The molecule has 0 spiro atoms. The molecule has 146 valence electrons. The molecule has 2 aromatic carbocycles. The Morgan fingerprint density at radius 2 is 1.96 bits per heavy atom. The predicted molar refractivity (Wildman–Crippen MR) is 115 cm³/mol. The van der Waals surface area contributed by atoms with Crippen LogP contribution >= 0.6 is 0 Å². The van der Waals surface area contributed by atoms with Crippen molar-refractivity contribution in [3.05, 3.63) is 72.8 Å². The molecule has 0 fully saturated rings. The first-order valence-corrected chi connectivity index (χ1v) is 9.27. The van der Waals surface area contributed by atoms with Gasteiger partial charge in [-0.25, -0.2) is 5.84 Å². The summed E-state index contributed by atoms with van der Waals surface area (Å²) in [7, 11) is 0. The fraction of sp³-hybridized carbons (Fsp3) is 0.190. The van der Waals surface area contributed by atoms with Crippen molar-refractivity contribution < 1.29 is 5.21 Å². The number of nitrogens with two attached hydrogens (primary N) is 2. The molecule has 0 bridgehead atoms. The summed E-state index contributed by atoms with van der Waals surface area (Å²) in [5.41, 5.74) is 11.7. The lowest BCUT2D eigenvalue weighted by Crippen LogP contribution is -2.28. The summed E-state index contributed by atoms with van der Waals surface area (Å²) in [6.07, 6.45) is 8.10. The molecule has 0 unspecified atom stereocenters. The number of hydrogen-bond acceptors (Lipinski definition) is 7. The van der Waals surface area contributed by atoms with Crippen LogP contribution in [0.4, 0.5) is 17.1 Å². The minimum absolute atomic E-state index is 0.541. The van der Waals surface area contributed by atoms with Crippen LogP contribution in [-0.2, 0) is 0 Å². The Kier molecular flexibility index (Phi) is 6.31. The van der Waals surface area contributed by atoms with Crippen molar-refractivity contribution in [2.24, 2.45) is 11.6 Å². The standard InChI is InChI=1S/C21H26N6O/c1-2-3-7-17(22)15-26(23)18-8-5-9-19(13-18)27(28)25-21-10-4-6-16-14-24-12-11-20(16)21/h4-6,8-15,25,28H,2-3,7,22-23H2,1H3/b17-15-. The molecule has 0 saturated carbocycles. The van der Waals surface area contributed by atoms with Gasteiger partial charge in [-0.3, -0.25) is 20.6 Å². The number of nitrogens with one attached hydrogen (secondary N) is 1. The topological polar surface area (TPSA) is 104 Å². The number of unbranched alkanes of at least 4 members (excludes halogenated alkanes) is 1. The van der Waals surface area contributed by atoms with E-state index in [4.69, 9.17) is 11.6 Å². The van der Waals surface area contributed by atoms with Crippen LogP contribution in [0.15, 0.2) is 72.8 Å². The Hall–Kier alpha value is -3.29. The predicted octanol–water partition coefficient (Wildman–Crippen LogP) is 4.13. The second kappa shape index (κ2) is 9.07. The largest absolute Gasteiger partial charge is 0.401 e. The van der Waals surface area contributed by atoms with Gasteiger partial charge in [0.25, 0.3) is 0 Å². The Balaban J connectivity index is 1.77. The molecule has 3 rings (SSSR count). The van der Waals surface area contributed by atoms with Crippen LogP contribution in [0.25, 0.3) is 10.8 Å². The Bertz CT molecular complexity index is 953. The van der Waals surface area contributed by atoms with Crippen LogP contribution in [0.5, 0.6) is 0 Å². The lowest BCUT2D eigenvalue weighted by atomic mass is 10.1. The zero-order valence-electron chi connectivity index (χ0n) is 15.9. The van der Waals surface area contributed by atoms with E-state index >= 15 is 0 Å². The maximum Gasteiger partial charge on any atom is 0.0897 e. The normalized spacial score (nSPS) is 11.5. The highest BCUT2D eigenvalue weighted by atomic mass is 16.5. The van der Waals surface area contributed by atoms with Crippen LogP contribution in [-0.4, -0.2) is 10.2 Å². The van der Waals surface area contributed by atoms with E-state index in [0.29, 0.717) is 11.4 Å². The third kappa shape index (κ3) is 4.70. The molecule has 7 heteroatoms. The van der Waals surface area contributed by atoms with Gasteiger partial charge in [0.15, 0.2) is 0 Å². The molecule has 0 radical (unpaired) electrons. The van der Waals surface area contributed by atoms with E-state index in [0.717, 1.165) is 46.6 Å². The second-order valence-corrected chi connectivity index (χ2v) is 6.56. The van der Waals surface area contributed by atoms with E-state index in [-0.39, 0.29) is 0 Å². The minimum Gasteiger partial charge on any atom is -0.401 e. The maximum atomic E-state index is 10.5. The summed E-state index contributed by atoms with van der Waals surface area (Å²) in [5.74, 6) is 6.11. The van der Waals surface area contributed by atoms with Gasteiger partial charge in [0.05, 0.1) is 17.1 Å². The zero-order chi connectivity index (χ0) is 19.9. The molecule has 0 aliphatic carbocycles. The molecule has 0 aliphatic heterocycles. The number of benzene rings is 2. The van der Waals surface area contributed by atoms with Crippen molar-refractivity contribution in [3.63, 3.8) is 0 Å². The molecular weight excluding hydrogens is 352 g/mol. The zero-order valence-corrected chi connectivity index (χ0v) is 15.9. The first-order chi connectivity index (χ1) is 13.6. The molecule has 0 saturated heterocycles. The highest BCUT2D eigenvalue weighted by molar-refractivity contribution is 5.93. The van der Waals surface area contributed by atoms with Crippen molar-refractivity contribution >= 4 is 27.8 Å². The van der Waals surface area contributed by atoms with E-state index in [1.54, 1.807) is 30.7 Å². The van der Waals surface area contributed by atoms with E-state index in [1.165, 1.54) is 5.01 Å². The van der Waals surface area contributed by atoms with E-state index in [2.05, 4.69) is 17.3 Å². The quantitative estimate of drug-likeness (QED) is 0.345. The summed E-state index contributed by atoms with van der Waals surface area (Å²) in [5, 5.41) is 14.9. The van der Waals surface area contributed by atoms with Crippen molar-refractivity contribution in [2.45, 2.75) is 26.2 Å². The molecule has 1 heterocycles. The Morgan fingerprint density at radius 3 is 2.79 bits per heavy atom. The Labute approximate surface area is 164 Å². The lowest BCUT2D eigenvalue weighted by molar-refractivity contribution is 0.277. The number of hydrogen-bond donors (Lipinski definition) is 4. The van der Waals surface area contributed by atoms with Crippen molar-refractivity contribution in [1.29, 1.82) is 0 Å². The van der Waals surface area contributed by atoms with E-state index in [1.807, 2.05) is 36.4 Å². The van der Waals surface area contributed by atoms with Gasteiger partial charge in [-0.15, -0.1) is 0 Å². The van der Waals surface area contributed by atoms with Crippen LogP contribution in [0.2, 0.25) is 0 Å². The highest BCUT2D eigenvalue weighted by Crippen LogP contribution is 2.25. The summed E-state index contributed by atoms with van der Waals surface area (Å²) < 4.78 is 0. The summed E-state index contributed by atoms with van der Waals surface area (Å²) >= 11 is 0. The summed E-state index contributed by atoms with van der Waals surface area (Å²) in [6.45, 7) is 2.12. The number of nitrogens with zero attached hydrogens (tertiary/aromatic N) is 3. The van der Waals surface area contributed by atoms with Crippen LogP contribution in [0, 0.1) is 0 Å². The number of pyridine rings is 1. The van der Waals surface area contributed by atoms with Crippen molar-refractivity contribution in [1.82, 2.24) is 4.98 Å². The first kappa shape index (κ1) is 19.5. The van der Waals surface area contributed by atoms with Gasteiger partial charge in [-0.05, 0) is 43.2 Å². The van der Waals surface area contributed by atoms with Gasteiger partial charge in [0, 0.05) is 35.1 Å². The summed E-state index contributed by atoms with van der Waals surface area (Å²) in [6, 6.07) is 14.9. The number of fused-ring (bicyclic) bond motifs is 1. The van der Waals surface area contributed by atoms with Crippen molar-refractivity contribution in [3.8, 4) is 0 Å². The molecule has 3 aromatic rings. The lowest BCUT2D eigenvalue weighted by Gasteiger charge is -2.22. The molecule has 0 aliphatic rings. The second-order valence-electron chi connectivity index (χ2n) is 6.56. The third-order valence-corrected chi connectivity index (χ3v) is 4.40. The molecule has 6 N–H and O–H groups in total. The minimum atomic E-state index is 0.541. The fourth-order valence-corrected chi connectivity index (χ4v) is 2.88. The number of anilines is 3. The van der Waals surface area contributed by atoms with Crippen molar-refractivity contribution in [2.75, 3.05) is 15.6 Å². The number of rotatable bonds is 8. The smallest absolute Gasteiger partial charge is 0.0897 e. The first-order valence-electron chi connectivity index (χ1n) is 9.27. The molecule has 0 amide bonds. The van der Waals surface area contributed by atoms with Crippen LogP contribution < -0.4 is 27.2 Å². The van der Waals surface area contributed by atoms with Gasteiger partial charge in [-0.2, -0.15) is 5.17 Å². The molecule has 28 heavy (non-hydrogen) atoms. The molecule has 1 aromatic heterocycles. The van der Waals surface area contributed by atoms with Gasteiger partial charge in [-0.1, -0.05) is 31.5 Å². The average Bonchev–Trinajstić information content (AvgIpc) is 2.72. The van der Waals surface area contributed by atoms with Gasteiger partial charge in [0.1, 0.15) is 0 Å². The van der Waals surface area contributed by atoms with Crippen LogP contribution in [0.1, 0.15) is 26.2 Å². The average molecular weight is 378 g/mol. The summed E-state index contributed by atoms with van der Waals surface area (Å²) in [4.78, 5) is 4.13. The number of aromatic nitrogens is 1. The molecule has 0 atom stereocenters. The fourth-order valence-electron chi connectivity index (χ4n) is 2.88. The van der Waals surface area contributed by atoms with Gasteiger partial charge in [0.2, 0.25) is 0 Å². The molecule has 7 nitrogen and oxygen atoms in total. The third-order valence-electron chi connectivity index (χ3n) is 4.40. The Morgan fingerprint density at radius 1 is 1.18 bits per heavy atom. The van der Waals surface area contributed by atoms with Gasteiger partial charge < -0.3 is 5.73 Å². The van der Waals surface area contributed by atoms with E-state index < -0.39 is 0 Å². The van der Waals surface area contributed by atoms with Crippen LogP contribution in [0.3, 0.4) is 0 Å². The van der Waals surface area contributed by atoms with E-state index in [9.17, 15) is 5.21 Å². The molecular formula is C21H26N6O. The number of allylic oxidation sites excluding steroid dienone is 1. The highest BCUT2D eigenvalue weighted by Gasteiger charge is 2.09. The monoisotopic (exact) mass is 378 g/mol. The maximum absolute atomic E-state index is 10.5.